The third-order valence-electron chi connectivity index (χ3n) is 5.54. The summed E-state index contributed by atoms with van der Waals surface area (Å²) >= 11 is 0. The Kier molecular flexibility index (Phi) is 8.35. The van der Waals surface area contributed by atoms with Crippen molar-refractivity contribution in [3.05, 3.63) is 77.6 Å². The van der Waals surface area contributed by atoms with E-state index in [4.69, 9.17) is 4.74 Å². The molecule has 0 aliphatic heterocycles. The molecule has 0 aliphatic rings. The van der Waals surface area contributed by atoms with Crippen LogP contribution in [0.4, 0.5) is 11.6 Å². The number of methoxy groups -OCH3 is 1. The van der Waals surface area contributed by atoms with E-state index in [-0.39, 0.29) is 42.6 Å². The standard InChI is InChI=1S/C27H32N4O3/c1-18(2)22-8-6-9-23(19(3)4)26(22)30-24(32)16-25(33)31(27-28-14-7-15-29-27)17-20-10-12-21(34-5)13-11-20/h6-15,18-19H,16-17H2,1-5H3,(H,30,32). The minimum absolute atomic E-state index is 0.231. The van der Waals surface area contributed by atoms with Crippen LogP contribution in [0.1, 0.15) is 62.6 Å². The smallest absolute Gasteiger partial charge is 0.239 e. The minimum atomic E-state index is -0.382. The Balaban J connectivity index is 1.82. The van der Waals surface area contributed by atoms with Crippen LogP contribution in [-0.4, -0.2) is 28.9 Å². The molecule has 3 rings (SSSR count). The first-order valence-electron chi connectivity index (χ1n) is 11.4. The molecular weight excluding hydrogens is 428 g/mol. The molecule has 1 heterocycles. The van der Waals surface area contributed by atoms with Gasteiger partial charge in [-0.05, 0) is 46.7 Å². The Bertz CT molecular complexity index is 1090. The Labute approximate surface area is 201 Å². The van der Waals surface area contributed by atoms with Crippen LogP contribution in [0.25, 0.3) is 0 Å². The van der Waals surface area contributed by atoms with Gasteiger partial charge in [0.05, 0.1) is 13.7 Å². The molecule has 1 aromatic heterocycles. The maximum Gasteiger partial charge on any atom is 0.239 e. The maximum absolute atomic E-state index is 13.3. The molecule has 178 valence electrons. The molecule has 0 aliphatic carbocycles. The van der Waals surface area contributed by atoms with Gasteiger partial charge in [0.2, 0.25) is 17.8 Å². The zero-order chi connectivity index (χ0) is 24.7. The van der Waals surface area contributed by atoms with E-state index in [0.29, 0.717) is 0 Å². The van der Waals surface area contributed by atoms with E-state index in [1.807, 2.05) is 42.5 Å². The van der Waals surface area contributed by atoms with Crippen LogP contribution < -0.4 is 15.0 Å². The highest BCUT2D eigenvalue weighted by Gasteiger charge is 2.23. The number of benzene rings is 2. The van der Waals surface area contributed by atoms with Crippen molar-refractivity contribution >= 4 is 23.5 Å². The van der Waals surface area contributed by atoms with Crippen molar-refractivity contribution in [3.8, 4) is 5.75 Å². The lowest BCUT2D eigenvalue weighted by atomic mass is 9.92. The van der Waals surface area contributed by atoms with Gasteiger partial charge in [0.15, 0.2) is 0 Å². The van der Waals surface area contributed by atoms with Gasteiger partial charge >= 0.3 is 0 Å². The molecule has 1 N–H and O–H groups in total. The summed E-state index contributed by atoms with van der Waals surface area (Å²) in [6.07, 6.45) is 2.83. The number of hydrogen-bond acceptors (Lipinski definition) is 5. The first kappa shape index (κ1) is 24.9. The molecule has 34 heavy (non-hydrogen) atoms. The predicted molar refractivity (Wildman–Crippen MR) is 134 cm³/mol. The summed E-state index contributed by atoms with van der Waals surface area (Å²) in [4.78, 5) is 36.2. The lowest BCUT2D eigenvalue weighted by molar-refractivity contribution is -0.125. The molecule has 7 nitrogen and oxygen atoms in total. The molecule has 3 aromatic rings. The predicted octanol–water partition coefficient (Wildman–Crippen LogP) is 5.29. The number of rotatable bonds is 9. The summed E-state index contributed by atoms with van der Waals surface area (Å²) in [5.41, 5.74) is 3.76. The topological polar surface area (TPSA) is 84.4 Å². The Morgan fingerprint density at radius 1 is 0.912 bits per heavy atom. The van der Waals surface area contributed by atoms with Crippen molar-refractivity contribution in [2.75, 3.05) is 17.3 Å². The quantitative estimate of drug-likeness (QED) is 0.438. The zero-order valence-electron chi connectivity index (χ0n) is 20.4. The summed E-state index contributed by atoms with van der Waals surface area (Å²) in [6.45, 7) is 8.58. The number of carbonyl (C=O) groups excluding carboxylic acids is 2. The number of nitrogens with zero attached hydrogens (tertiary/aromatic N) is 3. The van der Waals surface area contributed by atoms with E-state index in [2.05, 4.69) is 43.0 Å². The number of hydrogen-bond donors (Lipinski definition) is 1. The van der Waals surface area contributed by atoms with E-state index in [1.54, 1.807) is 25.6 Å². The van der Waals surface area contributed by atoms with Crippen LogP contribution in [0.2, 0.25) is 0 Å². The molecule has 0 fully saturated rings. The van der Waals surface area contributed by atoms with E-state index in [0.717, 1.165) is 28.1 Å². The summed E-state index contributed by atoms with van der Waals surface area (Å²) < 4.78 is 5.21. The first-order chi connectivity index (χ1) is 16.3. The van der Waals surface area contributed by atoms with Gasteiger partial charge in [0.25, 0.3) is 0 Å². The third-order valence-corrected chi connectivity index (χ3v) is 5.54. The average molecular weight is 461 g/mol. The van der Waals surface area contributed by atoms with Crippen LogP contribution in [-0.2, 0) is 16.1 Å². The zero-order valence-corrected chi connectivity index (χ0v) is 20.4. The van der Waals surface area contributed by atoms with Gasteiger partial charge in [0.1, 0.15) is 12.2 Å². The van der Waals surface area contributed by atoms with E-state index >= 15 is 0 Å². The SMILES string of the molecule is COc1ccc(CN(C(=O)CC(=O)Nc2c(C(C)C)cccc2C(C)C)c2ncccn2)cc1. The second kappa shape index (κ2) is 11.4. The summed E-state index contributed by atoms with van der Waals surface area (Å²) in [7, 11) is 1.60. The molecule has 7 heteroatoms. The van der Waals surface area contributed by atoms with Crippen molar-refractivity contribution in [1.29, 1.82) is 0 Å². The third kappa shape index (κ3) is 6.19. The second-order valence-corrected chi connectivity index (χ2v) is 8.72. The highest BCUT2D eigenvalue weighted by Crippen LogP contribution is 2.32. The number of carbonyl (C=O) groups is 2. The number of nitrogens with one attached hydrogen (secondary N) is 1. The Hall–Kier alpha value is -3.74. The highest BCUT2D eigenvalue weighted by molar-refractivity contribution is 6.09. The molecular formula is C27H32N4O3. The first-order valence-corrected chi connectivity index (χ1v) is 11.4. The van der Waals surface area contributed by atoms with Crippen molar-refractivity contribution < 1.29 is 14.3 Å². The molecule has 0 radical (unpaired) electrons. The van der Waals surface area contributed by atoms with Gasteiger partial charge in [-0.1, -0.05) is 58.0 Å². The summed E-state index contributed by atoms with van der Waals surface area (Å²) in [5.74, 6) is 0.689. The van der Waals surface area contributed by atoms with Crippen molar-refractivity contribution in [2.24, 2.45) is 0 Å². The largest absolute Gasteiger partial charge is 0.497 e. The number of amides is 2. The Morgan fingerprint density at radius 2 is 1.50 bits per heavy atom. The van der Waals surface area contributed by atoms with Crippen LogP contribution in [0, 0.1) is 0 Å². The van der Waals surface area contributed by atoms with Crippen molar-refractivity contribution in [2.45, 2.75) is 52.5 Å². The normalized spacial score (nSPS) is 10.9. The number of aromatic nitrogens is 2. The molecule has 2 aromatic carbocycles. The molecule has 0 spiro atoms. The minimum Gasteiger partial charge on any atom is -0.497 e. The van der Waals surface area contributed by atoms with Crippen LogP contribution in [0.5, 0.6) is 5.75 Å². The van der Waals surface area contributed by atoms with E-state index in [9.17, 15) is 9.59 Å². The molecule has 2 amide bonds. The van der Waals surface area contributed by atoms with E-state index in [1.165, 1.54) is 4.90 Å². The fourth-order valence-electron chi connectivity index (χ4n) is 3.73. The van der Waals surface area contributed by atoms with Crippen molar-refractivity contribution in [1.82, 2.24) is 9.97 Å². The number of para-hydroxylation sites is 1. The fraction of sp³-hybridized carbons (Fsp3) is 0.333. The summed E-state index contributed by atoms with van der Waals surface area (Å²) in [6, 6.07) is 15.1. The molecule has 0 atom stereocenters. The van der Waals surface area contributed by atoms with Crippen molar-refractivity contribution in [3.63, 3.8) is 0 Å². The van der Waals surface area contributed by atoms with Gasteiger partial charge in [-0.2, -0.15) is 0 Å². The maximum atomic E-state index is 13.3. The van der Waals surface area contributed by atoms with Crippen LogP contribution >= 0.6 is 0 Å². The van der Waals surface area contributed by atoms with E-state index < -0.39 is 0 Å². The molecule has 0 bridgehead atoms. The summed E-state index contributed by atoms with van der Waals surface area (Å²) in [5, 5.41) is 3.01. The van der Waals surface area contributed by atoms with Gasteiger partial charge in [-0.15, -0.1) is 0 Å². The molecule has 0 saturated heterocycles. The van der Waals surface area contributed by atoms with Gasteiger partial charge in [0, 0.05) is 18.1 Å². The molecule has 0 unspecified atom stereocenters. The lowest BCUT2D eigenvalue weighted by Gasteiger charge is -2.22. The van der Waals surface area contributed by atoms with Gasteiger partial charge in [-0.25, -0.2) is 9.97 Å². The molecule has 0 saturated carbocycles. The monoisotopic (exact) mass is 460 g/mol. The number of anilines is 2. The second-order valence-electron chi connectivity index (χ2n) is 8.72. The van der Waals surface area contributed by atoms with Crippen LogP contribution in [0.3, 0.4) is 0 Å². The van der Waals surface area contributed by atoms with Gasteiger partial charge in [-0.3, -0.25) is 14.5 Å². The highest BCUT2D eigenvalue weighted by atomic mass is 16.5. The number of ether oxygens (including phenoxy) is 1. The Morgan fingerprint density at radius 3 is 2.03 bits per heavy atom. The van der Waals surface area contributed by atoms with Crippen LogP contribution in [0.15, 0.2) is 60.9 Å². The average Bonchev–Trinajstić information content (AvgIpc) is 2.83. The fourth-order valence-corrected chi connectivity index (χ4v) is 3.73. The lowest BCUT2D eigenvalue weighted by Crippen LogP contribution is -2.34. The van der Waals surface area contributed by atoms with Gasteiger partial charge < -0.3 is 10.1 Å².